The molecule has 0 amide bonds. The maximum absolute atomic E-state index is 6.05. The Morgan fingerprint density at radius 2 is 2.19 bits per heavy atom. The van der Waals surface area contributed by atoms with Gasteiger partial charge in [-0.1, -0.05) is 13.8 Å². The molecule has 2 heterocycles. The Balaban J connectivity index is 2.60. The second-order valence-corrected chi connectivity index (χ2v) is 6.87. The standard InChI is InChI=1S/C11H14IN3S/c1-6(2)9-10(14-15(3)11(9)13)7-4-8(12)16-5-7/h4-6H,13H2,1-3H3. The molecule has 16 heavy (non-hydrogen) atoms. The van der Waals surface area contributed by atoms with E-state index in [-0.39, 0.29) is 0 Å². The largest absolute Gasteiger partial charge is 0.384 e. The highest BCUT2D eigenvalue weighted by molar-refractivity contribution is 14.1. The number of aryl methyl sites for hydroxylation is 1. The van der Waals surface area contributed by atoms with Gasteiger partial charge in [-0.3, -0.25) is 4.68 Å². The van der Waals surface area contributed by atoms with Crippen LogP contribution < -0.4 is 5.73 Å². The molecular formula is C11H14IN3S. The molecule has 0 aromatic carbocycles. The molecule has 0 saturated carbocycles. The molecular weight excluding hydrogens is 333 g/mol. The van der Waals surface area contributed by atoms with Gasteiger partial charge in [0.15, 0.2) is 0 Å². The van der Waals surface area contributed by atoms with Gasteiger partial charge in [0.05, 0.1) is 8.58 Å². The molecule has 0 atom stereocenters. The van der Waals surface area contributed by atoms with E-state index in [1.165, 1.54) is 8.45 Å². The molecule has 0 bridgehead atoms. The minimum absolute atomic E-state index is 0.390. The average Bonchev–Trinajstić information content (AvgIpc) is 2.73. The van der Waals surface area contributed by atoms with Crippen LogP contribution in [0.5, 0.6) is 0 Å². The fourth-order valence-corrected chi connectivity index (χ4v) is 3.10. The van der Waals surface area contributed by atoms with Crippen LogP contribution >= 0.6 is 33.9 Å². The SMILES string of the molecule is CC(C)c1c(-c2csc(I)c2)nn(C)c1N. The molecule has 5 heteroatoms. The number of thiophene rings is 1. The molecule has 0 aliphatic heterocycles. The van der Waals surface area contributed by atoms with E-state index in [2.05, 4.69) is 53.0 Å². The smallest absolute Gasteiger partial charge is 0.125 e. The van der Waals surface area contributed by atoms with Crippen LogP contribution in [0.1, 0.15) is 25.3 Å². The third-order valence-electron chi connectivity index (χ3n) is 2.55. The Morgan fingerprint density at radius 3 is 2.69 bits per heavy atom. The average molecular weight is 347 g/mol. The number of hydrogen-bond donors (Lipinski definition) is 1. The Kier molecular flexibility index (Phi) is 3.25. The maximum Gasteiger partial charge on any atom is 0.125 e. The van der Waals surface area contributed by atoms with Crippen molar-refractivity contribution in [1.29, 1.82) is 0 Å². The Labute approximate surface area is 113 Å². The highest BCUT2D eigenvalue weighted by Crippen LogP contribution is 2.34. The van der Waals surface area contributed by atoms with Gasteiger partial charge in [-0.05, 0) is 34.6 Å². The summed E-state index contributed by atoms with van der Waals surface area (Å²) in [5.74, 6) is 1.16. The molecule has 2 N–H and O–H groups in total. The van der Waals surface area contributed by atoms with Gasteiger partial charge >= 0.3 is 0 Å². The topological polar surface area (TPSA) is 43.8 Å². The van der Waals surface area contributed by atoms with E-state index in [4.69, 9.17) is 5.73 Å². The lowest BCUT2D eigenvalue weighted by Gasteiger charge is -2.05. The maximum atomic E-state index is 6.05. The van der Waals surface area contributed by atoms with Gasteiger partial charge in [0.1, 0.15) is 5.82 Å². The van der Waals surface area contributed by atoms with Crippen molar-refractivity contribution < 1.29 is 0 Å². The number of anilines is 1. The van der Waals surface area contributed by atoms with Gasteiger partial charge in [0, 0.05) is 23.6 Å². The zero-order chi connectivity index (χ0) is 11.9. The second kappa shape index (κ2) is 4.37. The number of nitrogen functional groups attached to an aromatic ring is 1. The molecule has 0 unspecified atom stereocenters. The first-order valence-electron chi connectivity index (χ1n) is 5.07. The fourth-order valence-electron chi connectivity index (χ4n) is 1.77. The molecule has 0 fully saturated rings. The summed E-state index contributed by atoms with van der Waals surface area (Å²) in [7, 11) is 1.89. The molecule has 0 aliphatic carbocycles. The monoisotopic (exact) mass is 347 g/mol. The molecule has 2 aromatic heterocycles. The van der Waals surface area contributed by atoms with Crippen molar-refractivity contribution in [2.45, 2.75) is 19.8 Å². The molecule has 2 aromatic rings. The highest BCUT2D eigenvalue weighted by Gasteiger charge is 2.18. The van der Waals surface area contributed by atoms with Gasteiger partial charge in [-0.25, -0.2) is 0 Å². The molecule has 0 radical (unpaired) electrons. The van der Waals surface area contributed by atoms with Crippen LogP contribution in [0.4, 0.5) is 5.82 Å². The van der Waals surface area contributed by atoms with Crippen LogP contribution in [0.15, 0.2) is 11.4 Å². The summed E-state index contributed by atoms with van der Waals surface area (Å²) in [5, 5.41) is 6.64. The quantitative estimate of drug-likeness (QED) is 0.846. The van der Waals surface area contributed by atoms with E-state index in [0.29, 0.717) is 5.92 Å². The predicted molar refractivity (Wildman–Crippen MR) is 77.7 cm³/mol. The van der Waals surface area contributed by atoms with E-state index in [1.807, 2.05) is 7.05 Å². The minimum atomic E-state index is 0.390. The number of hydrogen-bond acceptors (Lipinski definition) is 3. The van der Waals surface area contributed by atoms with Crippen molar-refractivity contribution in [2.24, 2.45) is 7.05 Å². The number of aromatic nitrogens is 2. The van der Waals surface area contributed by atoms with Gasteiger partial charge in [0.2, 0.25) is 0 Å². The molecule has 3 nitrogen and oxygen atoms in total. The zero-order valence-electron chi connectivity index (χ0n) is 9.49. The zero-order valence-corrected chi connectivity index (χ0v) is 12.5. The van der Waals surface area contributed by atoms with Crippen molar-refractivity contribution in [3.8, 4) is 11.3 Å². The Hall–Kier alpha value is -0.560. The van der Waals surface area contributed by atoms with Crippen molar-refractivity contribution in [3.63, 3.8) is 0 Å². The van der Waals surface area contributed by atoms with Crippen LogP contribution in [0.3, 0.4) is 0 Å². The summed E-state index contributed by atoms with van der Waals surface area (Å²) in [4.78, 5) is 0. The lowest BCUT2D eigenvalue weighted by atomic mass is 10.0. The van der Waals surface area contributed by atoms with Crippen LogP contribution in [0.2, 0.25) is 0 Å². The molecule has 0 aliphatic rings. The van der Waals surface area contributed by atoms with Gasteiger partial charge in [-0.2, -0.15) is 5.10 Å². The molecule has 86 valence electrons. The lowest BCUT2D eigenvalue weighted by molar-refractivity contribution is 0.780. The van der Waals surface area contributed by atoms with E-state index >= 15 is 0 Å². The van der Waals surface area contributed by atoms with Gasteiger partial charge in [-0.15, -0.1) is 11.3 Å². The third-order valence-corrected chi connectivity index (χ3v) is 4.34. The van der Waals surface area contributed by atoms with Crippen LogP contribution in [-0.4, -0.2) is 9.78 Å². The number of nitrogens with zero attached hydrogens (tertiary/aromatic N) is 2. The number of rotatable bonds is 2. The fraction of sp³-hybridized carbons (Fsp3) is 0.364. The van der Waals surface area contributed by atoms with Crippen LogP contribution in [0.25, 0.3) is 11.3 Å². The summed E-state index contributed by atoms with van der Waals surface area (Å²) in [6.07, 6.45) is 0. The van der Waals surface area contributed by atoms with E-state index in [0.717, 1.165) is 17.1 Å². The third kappa shape index (κ3) is 1.98. The summed E-state index contributed by atoms with van der Waals surface area (Å²) in [6, 6.07) is 2.15. The predicted octanol–water partition coefficient (Wildman–Crippen LogP) is 3.46. The van der Waals surface area contributed by atoms with Crippen molar-refractivity contribution in [3.05, 3.63) is 19.9 Å². The first-order chi connectivity index (χ1) is 7.50. The summed E-state index contributed by atoms with van der Waals surface area (Å²) < 4.78 is 3.03. The van der Waals surface area contributed by atoms with E-state index in [1.54, 1.807) is 16.0 Å². The van der Waals surface area contributed by atoms with Gasteiger partial charge < -0.3 is 5.73 Å². The van der Waals surface area contributed by atoms with Crippen molar-refractivity contribution in [1.82, 2.24) is 9.78 Å². The Bertz CT molecular complexity index is 513. The van der Waals surface area contributed by atoms with E-state index < -0.39 is 0 Å². The lowest BCUT2D eigenvalue weighted by Crippen LogP contribution is -2.00. The first kappa shape index (κ1) is 11.9. The molecule has 0 spiro atoms. The number of halogens is 1. The Morgan fingerprint density at radius 1 is 1.50 bits per heavy atom. The van der Waals surface area contributed by atoms with Crippen LogP contribution in [-0.2, 0) is 7.05 Å². The highest BCUT2D eigenvalue weighted by atomic mass is 127. The van der Waals surface area contributed by atoms with Gasteiger partial charge in [0.25, 0.3) is 0 Å². The van der Waals surface area contributed by atoms with Crippen LogP contribution in [0, 0.1) is 2.88 Å². The van der Waals surface area contributed by atoms with Crippen molar-refractivity contribution >= 4 is 39.7 Å². The normalized spacial score (nSPS) is 11.3. The molecule has 0 saturated heterocycles. The summed E-state index contributed by atoms with van der Waals surface area (Å²) in [5.41, 5.74) is 9.39. The first-order valence-corrected chi connectivity index (χ1v) is 7.03. The second-order valence-electron chi connectivity index (χ2n) is 4.07. The number of nitrogens with two attached hydrogens (primary N) is 1. The minimum Gasteiger partial charge on any atom is -0.384 e. The summed E-state index contributed by atoms with van der Waals surface area (Å²) >= 11 is 4.06. The molecule has 2 rings (SSSR count). The van der Waals surface area contributed by atoms with Crippen molar-refractivity contribution in [2.75, 3.05) is 5.73 Å². The van der Waals surface area contributed by atoms with E-state index in [9.17, 15) is 0 Å². The summed E-state index contributed by atoms with van der Waals surface area (Å²) in [6.45, 7) is 4.29.